The van der Waals surface area contributed by atoms with Crippen molar-refractivity contribution in [3.05, 3.63) is 65.1 Å². The summed E-state index contributed by atoms with van der Waals surface area (Å²) in [5, 5.41) is 10.7. The van der Waals surface area contributed by atoms with Crippen molar-refractivity contribution < 1.29 is 14.3 Å². The highest BCUT2D eigenvalue weighted by atomic mass is 19.1. The van der Waals surface area contributed by atoms with Gasteiger partial charge in [0.1, 0.15) is 11.6 Å². The van der Waals surface area contributed by atoms with Crippen LogP contribution in [0, 0.1) is 5.82 Å². The minimum Gasteiger partial charge on any atom is -0.508 e. The molecule has 2 heterocycles. The molecule has 1 amide bonds. The van der Waals surface area contributed by atoms with E-state index in [1.807, 2.05) is 6.07 Å². The van der Waals surface area contributed by atoms with Crippen molar-refractivity contribution in [2.45, 2.75) is 19.4 Å². The second kappa shape index (κ2) is 5.37. The van der Waals surface area contributed by atoms with Crippen LogP contribution in [0.2, 0.25) is 0 Å². The molecule has 2 N–H and O–H groups in total. The van der Waals surface area contributed by atoms with E-state index in [-0.39, 0.29) is 23.5 Å². The summed E-state index contributed by atoms with van der Waals surface area (Å²) in [7, 11) is 0. The van der Waals surface area contributed by atoms with Crippen LogP contribution in [0.3, 0.4) is 0 Å². The van der Waals surface area contributed by atoms with Crippen LogP contribution >= 0.6 is 0 Å². The van der Waals surface area contributed by atoms with Gasteiger partial charge in [-0.2, -0.15) is 0 Å². The molecule has 5 heteroatoms. The van der Waals surface area contributed by atoms with Gasteiger partial charge in [-0.05, 0) is 47.9 Å². The second-order valence-electron chi connectivity index (χ2n) is 6.17. The molecule has 0 saturated heterocycles. The maximum absolute atomic E-state index is 13.7. The Morgan fingerprint density at radius 1 is 1.29 bits per heavy atom. The monoisotopic (exact) mass is 324 g/mol. The number of aromatic amines is 1. The summed E-state index contributed by atoms with van der Waals surface area (Å²) in [5.74, 6) is -0.142. The van der Waals surface area contributed by atoms with Gasteiger partial charge >= 0.3 is 0 Å². The first-order valence-electron chi connectivity index (χ1n) is 7.91. The molecule has 0 bridgehead atoms. The topological polar surface area (TPSA) is 56.3 Å². The van der Waals surface area contributed by atoms with E-state index in [0.717, 1.165) is 27.7 Å². The minimum absolute atomic E-state index is 0.0289. The zero-order chi connectivity index (χ0) is 16.8. The van der Waals surface area contributed by atoms with E-state index in [1.54, 1.807) is 36.1 Å². The third-order valence-corrected chi connectivity index (χ3v) is 4.68. The molecule has 3 aromatic rings. The maximum atomic E-state index is 13.7. The molecule has 1 aliphatic rings. The van der Waals surface area contributed by atoms with Crippen molar-refractivity contribution in [1.29, 1.82) is 0 Å². The summed E-state index contributed by atoms with van der Waals surface area (Å²) >= 11 is 0. The number of aromatic hydroxyl groups is 1. The number of amides is 1. The number of H-pyrrole nitrogens is 1. The first-order valence-corrected chi connectivity index (χ1v) is 7.91. The van der Waals surface area contributed by atoms with Gasteiger partial charge in [0.2, 0.25) is 5.91 Å². The number of nitrogens with one attached hydrogen (secondary N) is 1. The number of phenolic OH excluding ortho intramolecular Hbond substituents is 1. The Balaban J connectivity index is 1.95. The van der Waals surface area contributed by atoms with Crippen LogP contribution in [-0.4, -0.2) is 27.4 Å². The maximum Gasteiger partial charge on any atom is 0.220 e. The lowest BCUT2D eigenvalue weighted by molar-refractivity contribution is -0.130. The number of fused-ring (bicyclic) bond motifs is 3. The number of carbonyl (C=O) groups is 1. The van der Waals surface area contributed by atoms with Crippen LogP contribution in [0.1, 0.15) is 29.8 Å². The van der Waals surface area contributed by atoms with Gasteiger partial charge in [0, 0.05) is 30.1 Å². The van der Waals surface area contributed by atoms with Gasteiger partial charge in [-0.15, -0.1) is 0 Å². The standard InChI is InChI=1S/C19H17FN2O2/c1-11(23)22-8-7-15-16-10-13(20)5-6-17(16)21-18(15)19(22)12-3-2-4-14(24)9-12/h2-6,9-10,19,21,24H,7-8H2,1H3. The number of nitrogens with zero attached hydrogens (tertiary/aromatic N) is 1. The van der Waals surface area contributed by atoms with Crippen LogP contribution < -0.4 is 0 Å². The van der Waals surface area contributed by atoms with Crippen molar-refractivity contribution in [3.8, 4) is 5.75 Å². The van der Waals surface area contributed by atoms with Crippen LogP contribution in [0.4, 0.5) is 4.39 Å². The fourth-order valence-electron chi connectivity index (χ4n) is 3.64. The van der Waals surface area contributed by atoms with Crippen molar-refractivity contribution >= 4 is 16.8 Å². The largest absolute Gasteiger partial charge is 0.508 e. The van der Waals surface area contributed by atoms with E-state index in [2.05, 4.69) is 4.98 Å². The minimum atomic E-state index is -0.311. The molecule has 1 unspecified atom stereocenters. The average Bonchev–Trinajstić information content (AvgIpc) is 2.91. The third-order valence-electron chi connectivity index (χ3n) is 4.68. The van der Waals surface area contributed by atoms with E-state index in [9.17, 15) is 14.3 Å². The Morgan fingerprint density at radius 3 is 2.88 bits per heavy atom. The lowest BCUT2D eigenvalue weighted by Crippen LogP contribution is -2.39. The van der Waals surface area contributed by atoms with Gasteiger partial charge in [-0.25, -0.2) is 4.39 Å². The summed E-state index contributed by atoms with van der Waals surface area (Å²) in [5.41, 5.74) is 3.62. The molecule has 122 valence electrons. The average molecular weight is 324 g/mol. The molecule has 1 aliphatic heterocycles. The lowest BCUT2D eigenvalue weighted by Gasteiger charge is -2.35. The first kappa shape index (κ1) is 14.8. The van der Waals surface area contributed by atoms with Gasteiger partial charge in [0.15, 0.2) is 0 Å². The molecule has 4 nitrogen and oxygen atoms in total. The molecule has 0 aliphatic carbocycles. The van der Waals surface area contributed by atoms with E-state index in [4.69, 9.17) is 0 Å². The van der Waals surface area contributed by atoms with E-state index >= 15 is 0 Å². The zero-order valence-corrected chi connectivity index (χ0v) is 13.2. The molecule has 4 rings (SSSR count). The Bertz CT molecular complexity index is 948. The highest BCUT2D eigenvalue weighted by molar-refractivity contribution is 5.86. The zero-order valence-electron chi connectivity index (χ0n) is 13.2. The predicted molar refractivity (Wildman–Crippen MR) is 89.3 cm³/mol. The summed E-state index contributed by atoms with van der Waals surface area (Å²) in [6, 6.07) is 11.3. The second-order valence-corrected chi connectivity index (χ2v) is 6.17. The number of benzene rings is 2. The van der Waals surface area contributed by atoms with E-state index in [0.29, 0.717) is 13.0 Å². The molecular weight excluding hydrogens is 307 g/mol. The van der Waals surface area contributed by atoms with Gasteiger partial charge in [0.05, 0.1) is 6.04 Å². The highest BCUT2D eigenvalue weighted by Gasteiger charge is 2.33. The highest BCUT2D eigenvalue weighted by Crippen LogP contribution is 2.39. The van der Waals surface area contributed by atoms with Crippen molar-refractivity contribution in [3.63, 3.8) is 0 Å². The number of aromatic nitrogens is 1. The van der Waals surface area contributed by atoms with Gasteiger partial charge in [0.25, 0.3) is 0 Å². The molecule has 24 heavy (non-hydrogen) atoms. The van der Waals surface area contributed by atoms with Crippen molar-refractivity contribution in [1.82, 2.24) is 9.88 Å². The van der Waals surface area contributed by atoms with Gasteiger partial charge in [-0.1, -0.05) is 12.1 Å². The molecule has 2 aromatic carbocycles. The number of carbonyl (C=O) groups excluding carboxylic acids is 1. The smallest absolute Gasteiger partial charge is 0.220 e. The Kier molecular flexibility index (Phi) is 3.30. The number of hydrogen-bond acceptors (Lipinski definition) is 2. The summed E-state index contributed by atoms with van der Waals surface area (Å²) < 4.78 is 13.7. The van der Waals surface area contributed by atoms with Crippen LogP contribution in [0.5, 0.6) is 5.75 Å². The van der Waals surface area contributed by atoms with Crippen LogP contribution in [0.15, 0.2) is 42.5 Å². The van der Waals surface area contributed by atoms with Crippen molar-refractivity contribution in [2.75, 3.05) is 6.54 Å². The SMILES string of the molecule is CC(=O)N1CCc2c([nH]c3ccc(F)cc23)C1c1cccc(O)c1. The normalized spacial score (nSPS) is 17.1. The summed E-state index contributed by atoms with van der Waals surface area (Å²) in [4.78, 5) is 17.3. The molecule has 0 fully saturated rings. The van der Waals surface area contributed by atoms with Crippen LogP contribution in [-0.2, 0) is 11.2 Å². The molecular formula is C19H17FN2O2. The molecule has 1 atom stereocenters. The number of halogens is 1. The quantitative estimate of drug-likeness (QED) is 0.720. The van der Waals surface area contributed by atoms with E-state index < -0.39 is 0 Å². The molecule has 0 spiro atoms. The van der Waals surface area contributed by atoms with Gasteiger partial charge in [-0.3, -0.25) is 4.79 Å². The van der Waals surface area contributed by atoms with E-state index in [1.165, 1.54) is 12.1 Å². The molecule has 1 aromatic heterocycles. The summed E-state index contributed by atoms with van der Waals surface area (Å²) in [6.07, 6.45) is 0.674. The van der Waals surface area contributed by atoms with Gasteiger partial charge < -0.3 is 15.0 Å². The third kappa shape index (κ3) is 2.24. The number of hydrogen-bond donors (Lipinski definition) is 2. The molecule has 0 radical (unpaired) electrons. The fourth-order valence-corrected chi connectivity index (χ4v) is 3.64. The summed E-state index contributed by atoms with van der Waals surface area (Å²) in [6.45, 7) is 2.11. The Labute approximate surface area is 138 Å². The number of phenols is 1. The van der Waals surface area contributed by atoms with Crippen molar-refractivity contribution in [2.24, 2.45) is 0 Å². The number of rotatable bonds is 1. The fraction of sp³-hybridized carbons (Fsp3) is 0.211. The Morgan fingerprint density at radius 2 is 2.12 bits per heavy atom. The predicted octanol–water partition coefficient (Wildman–Crippen LogP) is 3.51. The Hall–Kier alpha value is -2.82. The molecule has 0 saturated carbocycles. The lowest BCUT2D eigenvalue weighted by atomic mass is 9.92. The van der Waals surface area contributed by atoms with Crippen LogP contribution in [0.25, 0.3) is 10.9 Å². The first-order chi connectivity index (χ1) is 11.5.